The molecule has 1 aliphatic heterocycles. The van der Waals surface area contributed by atoms with Gasteiger partial charge in [0.15, 0.2) is 0 Å². The standard InChI is InChI=1S/C20H15ClF3NO2/c21-15-8-7-14(19(26)27)16-12-5-2-6-13(12)17(25-18(15)16)10-3-1-4-11(9-10)20(22,23)24/h1-5,7-9,12-13,17,25H,6H2,(H,26,27)/t12-,13+,17+/m1/s1. The minimum Gasteiger partial charge on any atom is -0.478 e. The van der Waals surface area contributed by atoms with E-state index in [1.54, 1.807) is 6.07 Å². The molecule has 0 aromatic heterocycles. The largest absolute Gasteiger partial charge is 0.478 e. The summed E-state index contributed by atoms with van der Waals surface area (Å²) in [5.74, 6) is -1.36. The van der Waals surface area contributed by atoms with Crippen molar-refractivity contribution < 1.29 is 23.1 Å². The summed E-state index contributed by atoms with van der Waals surface area (Å²) in [5, 5.41) is 13.1. The molecule has 0 saturated heterocycles. The molecule has 2 N–H and O–H groups in total. The minimum absolute atomic E-state index is 0.0856. The van der Waals surface area contributed by atoms with Crippen molar-refractivity contribution in [2.75, 3.05) is 5.32 Å². The zero-order valence-electron chi connectivity index (χ0n) is 13.9. The van der Waals surface area contributed by atoms with Crippen molar-refractivity contribution in [1.29, 1.82) is 0 Å². The van der Waals surface area contributed by atoms with Gasteiger partial charge in [-0.2, -0.15) is 13.2 Å². The molecule has 140 valence electrons. The van der Waals surface area contributed by atoms with Gasteiger partial charge in [-0.05, 0) is 47.7 Å². The smallest absolute Gasteiger partial charge is 0.416 e. The van der Waals surface area contributed by atoms with E-state index in [0.717, 1.165) is 12.1 Å². The number of hydrogen-bond acceptors (Lipinski definition) is 2. The van der Waals surface area contributed by atoms with Crippen LogP contribution in [0.1, 0.15) is 45.4 Å². The maximum Gasteiger partial charge on any atom is 0.416 e. The molecule has 3 atom stereocenters. The lowest BCUT2D eigenvalue weighted by atomic mass is 9.75. The molecule has 27 heavy (non-hydrogen) atoms. The highest BCUT2D eigenvalue weighted by Gasteiger charge is 2.41. The Morgan fingerprint density at radius 3 is 2.70 bits per heavy atom. The van der Waals surface area contributed by atoms with Gasteiger partial charge >= 0.3 is 12.1 Å². The second kappa shape index (κ2) is 6.30. The number of carboxylic acid groups (broad SMARTS) is 1. The number of hydrogen-bond donors (Lipinski definition) is 2. The Balaban J connectivity index is 1.84. The first-order valence-corrected chi connectivity index (χ1v) is 8.81. The van der Waals surface area contributed by atoms with E-state index >= 15 is 0 Å². The van der Waals surface area contributed by atoms with Gasteiger partial charge in [-0.15, -0.1) is 0 Å². The van der Waals surface area contributed by atoms with Crippen molar-refractivity contribution in [1.82, 2.24) is 0 Å². The molecular formula is C20H15ClF3NO2. The van der Waals surface area contributed by atoms with Crippen molar-refractivity contribution in [3.8, 4) is 0 Å². The molecule has 1 heterocycles. The Labute approximate surface area is 158 Å². The maximum absolute atomic E-state index is 13.1. The molecule has 0 saturated carbocycles. The summed E-state index contributed by atoms with van der Waals surface area (Å²) in [6.45, 7) is 0. The van der Waals surface area contributed by atoms with Crippen molar-refractivity contribution in [2.24, 2.45) is 5.92 Å². The molecule has 0 unspecified atom stereocenters. The monoisotopic (exact) mass is 393 g/mol. The lowest BCUT2D eigenvalue weighted by Gasteiger charge is -2.38. The molecule has 7 heteroatoms. The van der Waals surface area contributed by atoms with Crippen LogP contribution in [0.3, 0.4) is 0 Å². The number of nitrogens with one attached hydrogen (secondary N) is 1. The third-order valence-corrected chi connectivity index (χ3v) is 5.59. The SMILES string of the molecule is O=C(O)c1ccc(Cl)c2c1[C@@H]1C=CC[C@@H]1[C@H](c1cccc(C(F)(F)F)c1)N2. The molecule has 2 aromatic carbocycles. The second-order valence-electron chi connectivity index (χ2n) is 6.79. The van der Waals surface area contributed by atoms with Crippen LogP contribution in [0.5, 0.6) is 0 Å². The van der Waals surface area contributed by atoms with Crippen LogP contribution in [0.4, 0.5) is 18.9 Å². The number of anilines is 1. The molecule has 3 nitrogen and oxygen atoms in total. The summed E-state index contributed by atoms with van der Waals surface area (Å²) in [7, 11) is 0. The number of halogens is 4. The van der Waals surface area contributed by atoms with Gasteiger partial charge in [0.05, 0.1) is 27.9 Å². The first kappa shape index (κ1) is 17.9. The summed E-state index contributed by atoms with van der Waals surface area (Å²) in [6.07, 6.45) is 0.0839. The van der Waals surface area contributed by atoms with E-state index in [1.807, 2.05) is 12.2 Å². The van der Waals surface area contributed by atoms with Gasteiger partial charge < -0.3 is 10.4 Å². The summed E-state index contributed by atoms with van der Waals surface area (Å²) < 4.78 is 39.4. The number of fused-ring (bicyclic) bond motifs is 3. The lowest BCUT2D eigenvalue weighted by molar-refractivity contribution is -0.137. The molecule has 0 fully saturated rings. The zero-order valence-corrected chi connectivity index (χ0v) is 14.7. The van der Waals surface area contributed by atoms with E-state index in [4.69, 9.17) is 11.6 Å². The molecule has 1 aliphatic carbocycles. The Hall–Kier alpha value is -2.47. The number of aromatic carboxylic acids is 1. The highest BCUT2D eigenvalue weighted by atomic mass is 35.5. The van der Waals surface area contributed by atoms with E-state index in [9.17, 15) is 23.1 Å². The average Bonchev–Trinajstić information content (AvgIpc) is 3.10. The van der Waals surface area contributed by atoms with Crippen molar-refractivity contribution in [2.45, 2.75) is 24.6 Å². The van der Waals surface area contributed by atoms with E-state index in [0.29, 0.717) is 28.3 Å². The number of carbonyl (C=O) groups is 1. The molecule has 4 rings (SSSR count). The molecule has 0 radical (unpaired) electrons. The predicted molar refractivity (Wildman–Crippen MR) is 96.2 cm³/mol. The van der Waals surface area contributed by atoms with Crippen LogP contribution in [0.25, 0.3) is 0 Å². The first-order valence-electron chi connectivity index (χ1n) is 8.43. The summed E-state index contributed by atoms with van der Waals surface area (Å²) in [4.78, 5) is 11.7. The Morgan fingerprint density at radius 1 is 1.22 bits per heavy atom. The number of benzene rings is 2. The summed E-state index contributed by atoms with van der Waals surface area (Å²) in [5.41, 5.74) is 1.03. The van der Waals surface area contributed by atoms with E-state index in [2.05, 4.69) is 5.32 Å². The fraction of sp³-hybridized carbons (Fsp3) is 0.250. The third kappa shape index (κ3) is 2.98. The average molecular weight is 394 g/mol. The molecule has 0 amide bonds. The van der Waals surface area contributed by atoms with Crippen LogP contribution < -0.4 is 5.32 Å². The normalized spacial score (nSPS) is 23.5. The fourth-order valence-electron chi connectivity index (χ4n) is 4.10. The maximum atomic E-state index is 13.1. The van der Waals surface area contributed by atoms with Crippen LogP contribution >= 0.6 is 11.6 Å². The number of allylic oxidation sites excluding steroid dienone is 2. The zero-order chi connectivity index (χ0) is 19.3. The van der Waals surface area contributed by atoms with Crippen LogP contribution in [0, 0.1) is 5.92 Å². The number of carboxylic acids is 1. The van der Waals surface area contributed by atoms with Gasteiger partial charge in [0.25, 0.3) is 0 Å². The van der Waals surface area contributed by atoms with Gasteiger partial charge in [-0.3, -0.25) is 0 Å². The van der Waals surface area contributed by atoms with Gasteiger partial charge in [0.2, 0.25) is 0 Å². The van der Waals surface area contributed by atoms with Gasteiger partial charge in [0.1, 0.15) is 0 Å². The number of alkyl halides is 3. The Bertz CT molecular complexity index is 955. The number of rotatable bonds is 2. The van der Waals surface area contributed by atoms with Gasteiger partial charge in [0, 0.05) is 5.92 Å². The van der Waals surface area contributed by atoms with Gasteiger partial charge in [-0.25, -0.2) is 4.79 Å². The molecular weight excluding hydrogens is 379 g/mol. The van der Waals surface area contributed by atoms with Crippen molar-refractivity contribution in [3.05, 3.63) is 75.8 Å². The van der Waals surface area contributed by atoms with Gasteiger partial charge in [-0.1, -0.05) is 35.9 Å². The Kier molecular flexibility index (Phi) is 4.18. The van der Waals surface area contributed by atoms with E-state index in [1.165, 1.54) is 18.2 Å². The summed E-state index contributed by atoms with van der Waals surface area (Å²) >= 11 is 6.31. The highest BCUT2D eigenvalue weighted by molar-refractivity contribution is 6.33. The van der Waals surface area contributed by atoms with E-state index < -0.39 is 23.8 Å². The minimum atomic E-state index is -4.43. The molecule has 0 spiro atoms. The van der Waals surface area contributed by atoms with Crippen LogP contribution in [-0.2, 0) is 6.18 Å². The quantitative estimate of drug-likeness (QED) is 0.626. The molecule has 2 aromatic rings. The third-order valence-electron chi connectivity index (χ3n) is 5.27. The van der Waals surface area contributed by atoms with Crippen molar-refractivity contribution >= 4 is 23.3 Å². The van der Waals surface area contributed by atoms with E-state index in [-0.39, 0.29) is 17.4 Å². The molecule has 0 bridgehead atoms. The van der Waals surface area contributed by atoms with Crippen LogP contribution in [0.15, 0.2) is 48.6 Å². The Morgan fingerprint density at radius 2 is 2.00 bits per heavy atom. The predicted octanol–water partition coefficient (Wildman–Crippen LogP) is 5.88. The van der Waals surface area contributed by atoms with Crippen LogP contribution in [0.2, 0.25) is 5.02 Å². The lowest BCUT2D eigenvalue weighted by Crippen LogP contribution is -2.31. The van der Waals surface area contributed by atoms with Crippen molar-refractivity contribution in [3.63, 3.8) is 0 Å². The first-order chi connectivity index (χ1) is 12.8. The second-order valence-corrected chi connectivity index (χ2v) is 7.19. The molecule has 2 aliphatic rings. The van der Waals surface area contributed by atoms with Crippen LogP contribution in [-0.4, -0.2) is 11.1 Å². The topological polar surface area (TPSA) is 49.3 Å². The highest BCUT2D eigenvalue weighted by Crippen LogP contribution is 2.52. The fourth-order valence-corrected chi connectivity index (χ4v) is 4.32. The summed E-state index contributed by atoms with van der Waals surface area (Å²) in [6, 6.07) is 7.80.